The summed E-state index contributed by atoms with van der Waals surface area (Å²) in [5.41, 5.74) is 3.55. The zero-order chi connectivity index (χ0) is 19.6. The topological polar surface area (TPSA) is 54.4 Å². The van der Waals surface area contributed by atoms with Crippen LogP contribution >= 0.6 is 0 Å². The SMILES string of the molecule is O=S1(=O)c2ccccc2-c2ccccc21.Oc1ccccc1-c1ccccc1. The second-order valence-corrected chi connectivity index (χ2v) is 8.27. The lowest BCUT2D eigenvalue weighted by Crippen LogP contribution is -1.95. The molecule has 4 heteroatoms. The van der Waals surface area contributed by atoms with Crippen molar-refractivity contribution in [1.82, 2.24) is 0 Å². The second-order valence-electron chi connectivity index (χ2n) is 6.38. The molecule has 0 radical (unpaired) electrons. The molecule has 4 aromatic carbocycles. The predicted octanol–water partition coefficient (Wildman–Crippen LogP) is 5.56. The van der Waals surface area contributed by atoms with Crippen LogP contribution in [-0.4, -0.2) is 13.5 Å². The van der Waals surface area contributed by atoms with Gasteiger partial charge in [-0.2, -0.15) is 0 Å². The smallest absolute Gasteiger partial charge is 0.207 e. The van der Waals surface area contributed by atoms with Gasteiger partial charge >= 0.3 is 0 Å². The standard InChI is InChI=1S/C12H8O2S.C12H10O/c13-15(14)11-7-3-1-5-9(11)10-6-2-4-8-12(10)15;13-12-9-5-4-8-11(12)10-6-2-1-3-7-10/h1-8H;1-9,13H. The normalized spacial score (nSPS) is 13.0. The molecular weight excluding hydrogens is 368 g/mol. The first-order valence-corrected chi connectivity index (χ1v) is 10.3. The van der Waals surface area contributed by atoms with Crippen LogP contribution in [0.2, 0.25) is 0 Å². The summed E-state index contributed by atoms with van der Waals surface area (Å²) in [4.78, 5) is 0.845. The molecule has 1 N–H and O–H groups in total. The highest BCUT2D eigenvalue weighted by Crippen LogP contribution is 2.42. The number of benzene rings is 4. The summed E-state index contributed by atoms with van der Waals surface area (Å²) in [6.07, 6.45) is 0. The van der Waals surface area contributed by atoms with Gasteiger partial charge < -0.3 is 5.11 Å². The van der Waals surface area contributed by atoms with Crippen LogP contribution in [0.4, 0.5) is 0 Å². The molecule has 3 nitrogen and oxygen atoms in total. The quantitative estimate of drug-likeness (QED) is 0.410. The highest BCUT2D eigenvalue weighted by Gasteiger charge is 2.31. The number of rotatable bonds is 1. The zero-order valence-electron chi connectivity index (χ0n) is 15.0. The fraction of sp³-hybridized carbons (Fsp3) is 0. The zero-order valence-corrected chi connectivity index (χ0v) is 15.8. The van der Waals surface area contributed by atoms with E-state index in [2.05, 4.69) is 0 Å². The van der Waals surface area contributed by atoms with E-state index in [1.165, 1.54) is 0 Å². The average molecular weight is 386 g/mol. The number of para-hydroxylation sites is 1. The van der Waals surface area contributed by atoms with Crippen molar-refractivity contribution >= 4 is 9.84 Å². The molecule has 28 heavy (non-hydrogen) atoms. The Bertz CT molecular complexity index is 1180. The van der Waals surface area contributed by atoms with E-state index in [0.717, 1.165) is 22.3 Å². The molecule has 0 atom stereocenters. The van der Waals surface area contributed by atoms with E-state index in [0.29, 0.717) is 15.5 Å². The van der Waals surface area contributed by atoms with Crippen molar-refractivity contribution in [3.05, 3.63) is 103 Å². The van der Waals surface area contributed by atoms with Crippen LogP contribution in [0.3, 0.4) is 0 Å². The Kier molecular flexibility index (Phi) is 4.72. The number of phenols is 1. The van der Waals surface area contributed by atoms with Gasteiger partial charge in [0.05, 0.1) is 9.79 Å². The number of hydrogen-bond donors (Lipinski definition) is 1. The molecule has 1 heterocycles. The van der Waals surface area contributed by atoms with Gasteiger partial charge in [-0.1, -0.05) is 84.9 Å². The molecular formula is C24H18O3S. The first-order chi connectivity index (χ1) is 13.6. The molecule has 0 amide bonds. The number of hydrogen-bond acceptors (Lipinski definition) is 3. The van der Waals surface area contributed by atoms with Gasteiger partial charge in [-0.15, -0.1) is 0 Å². The molecule has 5 rings (SSSR count). The van der Waals surface area contributed by atoms with E-state index in [1.807, 2.05) is 72.8 Å². The lowest BCUT2D eigenvalue weighted by molar-refractivity contribution is 0.477. The van der Waals surface area contributed by atoms with Gasteiger partial charge in [0.15, 0.2) is 0 Å². The molecule has 0 saturated heterocycles. The predicted molar refractivity (Wildman–Crippen MR) is 111 cm³/mol. The van der Waals surface area contributed by atoms with Crippen molar-refractivity contribution in [2.45, 2.75) is 9.79 Å². The summed E-state index contributed by atoms with van der Waals surface area (Å²) in [7, 11) is -3.26. The third-order valence-corrected chi connectivity index (χ3v) is 6.50. The van der Waals surface area contributed by atoms with Crippen molar-refractivity contribution in [3.63, 3.8) is 0 Å². The van der Waals surface area contributed by atoms with E-state index in [-0.39, 0.29) is 0 Å². The molecule has 0 aliphatic carbocycles. The average Bonchev–Trinajstić information content (AvgIpc) is 2.98. The molecule has 1 aliphatic rings. The second kappa shape index (κ2) is 7.33. The van der Waals surface area contributed by atoms with Crippen molar-refractivity contribution in [2.75, 3.05) is 0 Å². The van der Waals surface area contributed by atoms with Crippen LogP contribution in [0.5, 0.6) is 5.75 Å². The van der Waals surface area contributed by atoms with E-state index < -0.39 is 9.84 Å². The minimum absolute atomic E-state index is 0.328. The third kappa shape index (κ3) is 3.19. The van der Waals surface area contributed by atoms with Gasteiger partial charge in [0, 0.05) is 16.7 Å². The minimum Gasteiger partial charge on any atom is -0.507 e. The Balaban J connectivity index is 0.000000139. The monoisotopic (exact) mass is 386 g/mol. The highest BCUT2D eigenvalue weighted by molar-refractivity contribution is 7.92. The van der Waals surface area contributed by atoms with Crippen LogP contribution in [0.25, 0.3) is 22.3 Å². The van der Waals surface area contributed by atoms with Gasteiger partial charge in [-0.25, -0.2) is 8.42 Å². The molecule has 0 unspecified atom stereocenters. The van der Waals surface area contributed by atoms with E-state index in [1.54, 1.807) is 30.3 Å². The molecule has 0 bridgehead atoms. The van der Waals surface area contributed by atoms with Crippen molar-refractivity contribution < 1.29 is 13.5 Å². The largest absolute Gasteiger partial charge is 0.507 e. The summed E-state index contributed by atoms with van der Waals surface area (Å²) < 4.78 is 24.2. The van der Waals surface area contributed by atoms with Gasteiger partial charge in [-0.05, 0) is 23.8 Å². The lowest BCUT2D eigenvalue weighted by atomic mass is 10.1. The highest BCUT2D eigenvalue weighted by atomic mass is 32.2. The van der Waals surface area contributed by atoms with Crippen LogP contribution in [0.1, 0.15) is 0 Å². The van der Waals surface area contributed by atoms with Crippen LogP contribution in [0.15, 0.2) is 113 Å². The summed E-state index contributed by atoms with van der Waals surface area (Å²) in [6, 6.07) is 31.4. The Morgan fingerprint density at radius 2 is 0.929 bits per heavy atom. The van der Waals surface area contributed by atoms with E-state index >= 15 is 0 Å². The minimum atomic E-state index is -3.26. The van der Waals surface area contributed by atoms with Crippen molar-refractivity contribution in [1.29, 1.82) is 0 Å². The molecule has 138 valence electrons. The maximum atomic E-state index is 12.1. The first-order valence-electron chi connectivity index (χ1n) is 8.86. The fourth-order valence-electron chi connectivity index (χ4n) is 3.30. The molecule has 0 saturated carbocycles. The molecule has 4 aromatic rings. The van der Waals surface area contributed by atoms with Gasteiger partial charge in [0.1, 0.15) is 5.75 Å². The Labute approximate surface area is 164 Å². The molecule has 0 fully saturated rings. The molecule has 0 spiro atoms. The van der Waals surface area contributed by atoms with Crippen LogP contribution < -0.4 is 0 Å². The summed E-state index contributed by atoms with van der Waals surface area (Å²) in [5, 5.41) is 9.56. The maximum Gasteiger partial charge on any atom is 0.207 e. The van der Waals surface area contributed by atoms with Crippen LogP contribution in [0, 0.1) is 0 Å². The molecule has 0 aromatic heterocycles. The van der Waals surface area contributed by atoms with E-state index in [9.17, 15) is 13.5 Å². The maximum absolute atomic E-state index is 12.1. The lowest BCUT2D eigenvalue weighted by Gasteiger charge is -2.02. The Morgan fingerprint density at radius 1 is 0.500 bits per heavy atom. The van der Waals surface area contributed by atoms with Gasteiger partial charge in [0.25, 0.3) is 0 Å². The fourth-order valence-corrected chi connectivity index (χ4v) is 4.99. The number of phenolic OH excluding ortho intramolecular Hbond substituents is 1. The van der Waals surface area contributed by atoms with E-state index in [4.69, 9.17) is 0 Å². The summed E-state index contributed by atoms with van der Waals surface area (Å²) in [5.74, 6) is 0.328. The molecule has 1 aliphatic heterocycles. The summed E-state index contributed by atoms with van der Waals surface area (Å²) in [6.45, 7) is 0. The van der Waals surface area contributed by atoms with Gasteiger partial charge in [0.2, 0.25) is 9.84 Å². The Morgan fingerprint density at radius 3 is 1.46 bits per heavy atom. The number of aromatic hydroxyl groups is 1. The first kappa shape index (κ1) is 18.0. The Hall–Kier alpha value is -3.37. The number of sulfone groups is 1. The summed E-state index contributed by atoms with van der Waals surface area (Å²) >= 11 is 0. The van der Waals surface area contributed by atoms with Crippen molar-refractivity contribution in [2.24, 2.45) is 0 Å². The van der Waals surface area contributed by atoms with Gasteiger partial charge in [-0.3, -0.25) is 0 Å². The van der Waals surface area contributed by atoms with Crippen molar-refractivity contribution in [3.8, 4) is 28.0 Å². The van der Waals surface area contributed by atoms with Crippen LogP contribution in [-0.2, 0) is 9.84 Å². The third-order valence-electron chi connectivity index (χ3n) is 4.63. The number of fused-ring (bicyclic) bond motifs is 3.